The Labute approximate surface area is 97.1 Å². The molecule has 86 valence electrons. The number of nitrogens with one attached hydrogen (secondary N) is 1. The number of benzene rings is 1. The largest absolute Gasteiger partial charge is 0.493 e. The second-order valence-corrected chi connectivity index (χ2v) is 4.32. The predicted molar refractivity (Wildman–Crippen MR) is 66.6 cm³/mol. The molecule has 0 heterocycles. The van der Waals surface area contributed by atoms with Crippen molar-refractivity contribution < 1.29 is 4.74 Å². The maximum absolute atomic E-state index is 7.92. The van der Waals surface area contributed by atoms with Crippen molar-refractivity contribution in [2.75, 3.05) is 6.61 Å². The second-order valence-electron chi connectivity index (χ2n) is 4.32. The van der Waals surface area contributed by atoms with Crippen molar-refractivity contribution in [3.8, 4) is 5.75 Å². The zero-order valence-corrected chi connectivity index (χ0v) is 9.88. The number of hydrogen-bond donors (Lipinski definition) is 1. The van der Waals surface area contributed by atoms with Gasteiger partial charge in [-0.25, -0.2) is 0 Å². The quantitative estimate of drug-likeness (QED) is 0.768. The van der Waals surface area contributed by atoms with E-state index in [0.717, 1.165) is 55.7 Å². The van der Waals surface area contributed by atoms with E-state index in [-0.39, 0.29) is 0 Å². The van der Waals surface area contributed by atoms with Crippen LogP contribution in [0.1, 0.15) is 43.7 Å². The molecule has 0 saturated heterocycles. The highest BCUT2D eigenvalue weighted by Crippen LogP contribution is 2.29. The Hall–Kier alpha value is -1.31. The topological polar surface area (TPSA) is 33.1 Å². The molecule has 0 amide bonds. The average Bonchev–Trinajstić information content (AvgIpc) is 2.31. The molecule has 1 aromatic carbocycles. The Balaban J connectivity index is 2.19. The van der Waals surface area contributed by atoms with Gasteiger partial charge in [-0.1, -0.05) is 25.5 Å². The van der Waals surface area contributed by atoms with Crippen LogP contribution >= 0.6 is 0 Å². The smallest absolute Gasteiger partial charge is 0.123 e. The van der Waals surface area contributed by atoms with Gasteiger partial charge in [-0.2, -0.15) is 0 Å². The van der Waals surface area contributed by atoms with Crippen LogP contribution in [-0.4, -0.2) is 12.3 Å². The monoisotopic (exact) mass is 217 g/mol. The molecule has 16 heavy (non-hydrogen) atoms. The van der Waals surface area contributed by atoms with E-state index in [4.69, 9.17) is 10.1 Å². The molecule has 0 atom stereocenters. The molecule has 1 aliphatic carbocycles. The molecule has 2 nitrogen and oxygen atoms in total. The van der Waals surface area contributed by atoms with Crippen LogP contribution in [0.25, 0.3) is 0 Å². The third-order valence-corrected chi connectivity index (χ3v) is 3.07. The van der Waals surface area contributed by atoms with Crippen molar-refractivity contribution in [2.24, 2.45) is 0 Å². The van der Waals surface area contributed by atoms with Crippen molar-refractivity contribution in [2.45, 2.75) is 39.0 Å². The predicted octanol–water partition coefficient (Wildman–Crippen LogP) is 3.57. The van der Waals surface area contributed by atoms with Gasteiger partial charge in [0.2, 0.25) is 0 Å². The lowest BCUT2D eigenvalue weighted by atomic mass is 9.89. The van der Waals surface area contributed by atoms with Gasteiger partial charge in [-0.3, -0.25) is 0 Å². The van der Waals surface area contributed by atoms with Crippen LogP contribution in [0, 0.1) is 5.41 Å². The van der Waals surface area contributed by atoms with Crippen molar-refractivity contribution in [3.05, 3.63) is 29.3 Å². The lowest BCUT2D eigenvalue weighted by Crippen LogP contribution is -2.12. The Morgan fingerprint density at radius 1 is 1.31 bits per heavy atom. The zero-order chi connectivity index (χ0) is 11.4. The van der Waals surface area contributed by atoms with Gasteiger partial charge in [0.1, 0.15) is 5.75 Å². The van der Waals surface area contributed by atoms with Gasteiger partial charge in [0.05, 0.1) is 6.61 Å². The normalized spacial score (nSPS) is 14.7. The zero-order valence-electron chi connectivity index (χ0n) is 9.88. The number of rotatable bonds is 4. The second kappa shape index (κ2) is 5.15. The summed E-state index contributed by atoms with van der Waals surface area (Å²) < 4.78 is 5.80. The van der Waals surface area contributed by atoms with E-state index in [1.54, 1.807) is 0 Å². The molecule has 2 rings (SSSR count). The Bertz CT molecular complexity index is 384. The molecule has 0 saturated carbocycles. The molecular formula is C14H19NO. The highest BCUT2D eigenvalue weighted by Gasteiger charge is 2.17. The first-order valence-corrected chi connectivity index (χ1v) is 6.15. The summed E-state index contributed by atoms with van der Waals surface area (Å²) in [5.41, 5.74) is 3.11. The summed E-state index contributed by atoms with van der Waals surface area (Å²) in [5, 5.41) is 7.92. The van der Waals surface area contributed by atoms with Crippen LogP contribution in [-0.2, 0) is 6.42 Å². The van der Waals surface area contributed by atoms with E-state index in [2.05, 4.69) is 6.92 Å². The summed E-state index contributed by atoms with van der Waals surface area (Å²) >= 11 is 0. The molecule has 1 aromatic rings. The third-order valence-electron chi connectivity index (χ3n) is 3.07. The van der Waals surface area contributed by atoms with Gasteiger partial charge in [0, 0.05) is 16.8 Å². The van der Waals surface area contributed by atoms with E-state index in [9.17, 15) is 0 Å². The molecular weight excluding hydrogens is 198 g/mol. The Morgan fingerprint density at radius 2 is 2.19 bits per heavy atom. The summed E-state index contributed by atoms with van der Waals surface area (Å²) in [5.74, 6) is 0.996. The van der Waals surface area contributed by atoms with Gasteiger partial charge in [0.15, 0.2) is 0 Å². The SMILES string of the molecule is CCCCOc1cccc2c1CCCC2=N. The lowest BCUT2D eigenvalue weighted by Gasteiger charge is -2.20. The van der Waals surface area contributed by atoms with Crippen LogP contribution in [0.15, 0.2) is 18.2 Å². The number of fused-ring (bicyclic) bond motifs is 1. The molecule has 0 bridgehead atoms. The minimum atomic E-state index is 0.766. The van der Waals surface area contributed by atoms with Crippen molar-refractivity contribution >= 4 is 5.71 Å². The summed E-state index contributed by atoms with van der Waals surface area (Å²) in [6, 6.07) is 6.08. The third kappa shape index (κ3) is 2.26. The Kier molecular flexibility index (Phi) is 3.60. The van der Waals surface area contributed by atoms with Gasteiger partial charge >= 0.3 is 0 Å². The lowest BCUT2D eigenvalue weighted by molar-refractivity contribution is 0.306. The maximum atomic E-state index is 7.92. The minimum Gasteiger partial charge on any atom is -0.493 e. The number of unbranched alkanes of at least 4 members (excludes halogenated alkanes) is 1. The summed E-state index contributed by atoms with van der Waals surface area (Å²) in [6.07, 6.45) is 5.30. The van der Waals surface area contributed by atoms with Gasteiger partial charge in [0.25, 0.3) is 0 Å². The van der Waals surface area contributed by atoms with Crippen molar-refractivity contribution in [1.82, 2.24) is 0 Å². The van der Waals surface area contributed by atoms with Crippen LogP contribution in [0.5, 0.6) is 5.75 Å². The maximum Gasteiger partial charge on any atom is 0.123 e. The first-order chi connectivity index (χ1) is 7.83. The van der Waals surface area contributed by atoms with E-state index in [0.29, 0.717) is 0 Å². The van der Waals surface area contributed by atoms with Crippen LogP contribution < -0.4 is 4.74 Å². The van der Waals surface area contributed by atoms with Crippen LogP contribution in [0.4, 0.5) is 0 Å². The fourth-order valence-electron chi connectivity index (χ4n) is 2.14. The van der Waals surface area contributed by atoms with E-state index < -0.39 is 0 Å². The van der Waals surface area contributed by atoms with E-state index in [1.165, 1.54) is 5.56 Å². The molecule has 0 radical (unpaired) electrons. The first kappa shape index (κ1) is 11.2. The molecule has 1 N–H and O–H groups in total. The fraction of sp³-hybridized carbons (Fsp3) is 0.500. The molecule has 0 unspecified atom stereocenters. The number of hydrogen-bond acceptors (Lipinski definition) is 2. The van der Waals surface area contributed by atoms with Crippen molar-refractivity contribution in [3.63, 3.8) is 0 Å². The standard InChI is InChI=1S/C14H19NO/c1-2-3-10-16-14-9-5-6-11-12(14)7-4-8-13(11)15/h5-6,9,15H,2-4,7-8,10H2,1H3. The first-order valence-electron chi connectivity index (χ1n) is 6.15. The fourth-order valence-corrected chi connectivity index (χ4v) is 2.14. The van der Waals surface area contributed by atoms with E-state index in [1.807, 2.05) is 18.2 Å². The summed E-state index contributed by atoms with van der Waals surface area (Å²) in [4.78, 5) is 0. The molecule has 0 aliphatic heterocycles. The average molecular weight is 217 g/mol. The van der Waals surface area contributed by atoms with Crippen LogP contribution in [0.3, 0.4) is 0 Å². The molecule has 0 fully saturated rings. The van der Waals surface area contributed by atoms with Gasteiger partial charge in [-0.05, 0) is 31.7 Å². The Morgan fingerprint density at radius 3 is 3.00 bits per heavy atom. The van der Waals surface area contributed by atoms with E-state index >= 15 is 0 Å². The summed E-state index contributed by atoms with van der Waals surface area (Å²) in [6.45, 7) is 2.96. The molecule has 0 spiro atoms. The highest BCUT2D eigenvalue weighted by atomic mass is 16.5. The van der Waals surface area contributed by atoms with Gasteiger partial charge in [-0.15, -0.1) is 0 Å². The van der Waals surface area contributed by atoms with Crippen molar-refractivity contribution in [1.29, 1.82) is 5.41 Å². The number of ether oxygens (including phenoxy) is 1. The summed E-state index contributed by atoms with van der Waals surface area (Å²) in [7, 11) is 0. The highest BCUT2D eigenvalue weighted by molar-refractivity contribution is 6.01. The molecule has 0 aromatic heterocycles. The molecule has 1 aliphatic rings. The van der Waals surface area contributed by atoms with Crippen LogP contribution in [0.2, 0.25) is 0 Å². The van der Waals surface area contributed by atoms with Gasteiger partial charge < -0.3 is 10.1 Å². The minimum absolute atomic E-state index is 0.766. The molecule has 2 heteroatoms.